The highest BCUT2D eigenvalue weighted by Gasteiger charge is 2.12. The smallest absolute Gasteiger partial charge is 0.158 e. The lowest BCUT2D eigenvalue weighted by Gasteiger charge is -2.24. The van der Waals surface area contributed by atoms with E-state index < -0.39 is 0 Å². The fraction of sp³-hybridized carbons (Fsp3) is 0.750. The molecule has 0 spiro atoms. The van der Waals surface area contributed by atoms with E-state index in [0.29, 0.717) is 12.0 Å². The second kappa shape index (κ2) is 5.97. The number of carbonyl (C=O) groups is 1. The molecule has 1 N–H and O–H groups in total. The van der Waals surface area contributed by atoms with Gasteiger partial charge in [-0.05, 0) is 45.7 Å². The van der Waals surface area contributed by atoms with Crippen molar-refractivity contribution in [1.29, 1.82) is 0 Å². The molecule has 0 aromatic rings. The number of carbonyl (C=O) groups excluding carboxylic acids is 1. The molecule has 0 heterocycles. The summed E-state index contributed by atoms with van der Waals surface area (Å²) in [7, 11) is 0. The molecule has 0 radical (unpaired) electrons. The monoisotopic (exact) mass is 197 g/mol. The van der Waals surface area contributed by atoms with Crippen LogP contribution in [0.2, 0.25) is 0 Å². The summed E-state index contributed by atoms with van der Waals surface area (Å²) in [5.41, 5.74) is 0.853. The lowest BCUT2D eigenvalue weighted by molar-refractivity contribution is -0.115. The average molecular weight is 197 g/mol. The second-order valence-electron chi connectivity index (χ2n) is 4.47. The van der Waals surface area contributed by atoms with Crippen molar-refractivity contribution in [3.8, 4) is 0 Å². The Morgan fingerprint density at radius 2 is 2.00 bits per heavy atom. The Kier molecular flexibility index (Phi) is 5.70. The van der Waals surface area contributed by atoms with Crippen molar-refractivity contribution in [2.75, 3.05) is 6.54 Å². The van der Waals surface area contributed by atoms with Crippen LogP contribution in [0.25, 0.3) is 0 Å². The molecule has 0 aromatic carbocycles. The molecule has 0 aromatic heterocycles. The zero-order chi connectivity index (χ0) is 11.2. The van der Waals surface area contributed by atoms with Gasteiger partial charge in [-0.1, -0.05) is 13.5 Å². The third-order valence-electron chi connectivity index (χ3n) is 2.54. The van der Waals surface area contributed by atoms with Gasteiger partial charge in [-0.15, -0.1) is 0 Å². The SMILES string of the molecule is C=C(C)C(=O)CCCNC(C)(C)CC. The molecule has 0 bridgehead atoms. The normalized spacial score (nSPS) is 11.4. The molecule has 2 nitrogen and oxygen atoms in total. The van der Waals surface area contributed by atoms with Crippen LogP contribution in [0, 0.1) is 0 Å². The van der Waals surface area contributed by atoms with Gasteiger partial charge in [-0.25, -0.2) is 0 Å². The van der Waals surface area contributed by atoms with Gasteiger partial charge in [0, 0.05) is 12.0 Å². The van der Waals surface area contributed by atoms with E-state index in [1.807, 2.05) is 0 Å². The number of hydrogen-bond donors (Lipinski definition) is 1. The summed E-state index contributed by atoms with van der Waals surface area (Å²) in [5, 5.41) is 3.42. The number of hydrogen-bond acceptors (Lipinski definition) is 2. The molecular weight excluding hydrogens is 174 g/mol. The van der Waals surface area contributed by atoms with Crippen LogP contribution in [0.4, 0.5) is 0 Å². The van der Waals surface area contributed by atoms with Gasteiger partial charge in [0.25, 0.3) is 0 Å². The van der Waals surface area contributed by atoms with E-state index in [2.05, 4.69) is 32.7 Å². The summed E-state index contributed by atoms with van der Waals surface area (Å²) in [6.45, 7) is 12.8. The van der Waals surface area contributed by atoms with Gasteiger partial charge in [0.15, 0.2) is 5.78 Å². The van der Waals surface area contributed by atoms with E-state index in [0.717, 1.165) is 19.4 Å². The van der Waals surface area contributed by atoms with E-state index in [-0.39, 0.29) is 11.3 Å². The van der Waals surface area contributed by atoms with Crippen LogP contribution in [0.15, 0.2) is 12.2 Å². The summed E-state index contributed by atoms with van der Waals surface area (Å²) < 4.78 is 0. The minimum absolute atomic E-state index is 0.182. The van der Waals surface area contributed by atoms with Crippen molar-refractivity contribution in [2.24, 2.45) is 0 Å². The first-order valence-corrected chi connectivity index (χ1v) is 5.33. The molecule has 0 unspecified atom stereocenters. The Bertz CT molecular complexity index is 206. The first kappa shape index (κ1) is 13.4. The molecule has 0 atom stereocenters. The Balaban J connectivity index is 3.57. The van der Waals surface area contributed by atoms with Crippen molar-refractivity contribution >= 4 is 5.78 Å². The van der Waals surface area contributed by atoms with Crippen molar-refractivity contribution in [1.82, 2.24) is 5.32 Å². The van der Waals surface area contributed by atoms with Gasteiger partial charge >= 0.3 is 0 Å². The Labute approximate surface area is 87.8 Å². The predicted molar refractivity (Wildman–Crippen MR) is 61.4 cm³/mol. The molecule has 0 aliphatic carbocycles. The molecule has 0 saturated heterocycles. The minimum Gasteiger partial charge on any atom is -0.312 e. The Morgan fingerprint density at radius 1 is 1.43 bits per heavy atom. The highest BCUT2D eigenvalue weighted by Crippen LogP contribution is 2.07. The second-order valence-corrected chi connectivity index (χ2v) is 4.47. The van der Waals surface area contributed by atoms with E-state index >= 15 is 0 Å². The largest absolute Gasteiger partial charge is 0.312 e. The van der Waals surface area contributed by atoms with Gasteiger partial charge in [0.1, 0.15) is 0 Å². The van der Waals surface area contributed by atoms with Crippen molar-refractivity contribution in [2.45, 2.75) is 52.5 Å². The number of ketones is 1. The van der Waals surface area contributed by atoms with Crippen LogP contribution in [0.5, 0.6) is 0 Å². The summed E-state index contributed by atoms with van der Waals surface area (Å²) >= 11 is 0. The topological polar surface area (TPSA) is 29.1 Å². The maximum atomic E-state index is 11.2. The van der Waals surface area contributed by atoms with Crippen LogP contribution >= 0.6 is 0 Å². The number of allylic oxidation sites excluding steroid dienone is 1. The quantitative estimate of drug-likeness (QED) is 0.502. The maximum Gasteiger partial charge on any atom is 0.158 e. The molecule has 2 heteroatoms. The van der Waals surface area contributed by atoms with Crippen LogP contribution in [0.1, 0.15) is 47.0 Å². The fourth-order valence-corrected chi connectivity index (χ4v) is 1.01. The van der Waals surface area contributed by atoms with E-state index in [4.69, 9.17) is 0 Å². The minimum atomic E-state index is 0.182. The molecule has 0 amide bonds. The Hall–Kier alpha value is -0.630. The molecule has 82 valence electrons. The summed E-state index contributed by atoms with van der Waals surface area (Å²) in [4.78, 5) is 11.2. The molecule has 0 aliphatic heterocycles. The molecule has 0 fully saturated rings. The molecule has 0 rings (SSSR count). The van der Waals surface area contributed by atoms with Crippen molar-refractivity contribution in [3.05, 3.63) is 12.2 Å². The van der Waals surface area contributed by atoms with Crippen LogP contribution in [0.3, 0.4) is 0 Å². The molecule has 0 saturated carbocycles. The van der Waals surface area contributed by atoms with Crippen LogP contribution < -0.4 is 5.32 Å². The third-order valence-corrected chi connectivity index (χ3v) is 2.54. The highest BCUT2D eigenvalue weighted by molar-refractivity contribution is 5.93. The molecular formula is C12H23NO. The van der Waals surface area contributed by atoms with E-state index in [1.165, 1.54) is 0 Å². The van der Waals surface area contributed by atoms with Gasteiger partial charge in [-0.3, -0.25) is 4.79 Å². The van der Waals surface area contributed by atoms with Gasteiger partial charge < -0.3 is 5.32 Å². The molecule has 0 aliphatic rings. The Morgan fingerprint density at radius 3 is 2.43 bits per heavy atom. The fourth-order valence-electron chi connectivity index (χ4n) is 1.01. The van der Waals surface area contributed by atoms with Gasteiger partial charge in [-0.2, -0.15) is 0 Å². The van der Waals surface area contributed by atoms with E-state index in [1.54, 1.807) is 6.92 Å². The van der Waals surface area contributed by atoms with Crippen LogP contribution in [-0.2, 0) is 4.79 Å². The van der Waals surface area contributed by atoms with Crippen molar-refractivity contribution in [3.63, 3.8) is 0 Å². The van der Waals surface area contributed by atoms with Gasteiger partial charge in [0.2, 0.25) is 0 Å². The number of Topliss-reactive ketones (excluding diaryl/α,β-unsaturated/α-hetero) is 1. The lowest BCUT2D eigenvalue weighted by atomic mass is 10.0. The maximum absolute atomic E-state index is 11.2. The number of rotatable bonds is 7. The summed E-state index contributed by atoms with van der Waals surface area (Å²) in [5.74, 6) is 0.182. The lowest BCUT2D eigenvalue weighted by Crippen LogP contribution is -2.39. The first-order chi connectivity index (χ1) is 6.39. The number of nitrogens with one attached hydrogen (secondary N) is 1. The predicted octanol–water partition coefficient (Wildman–Crippen LogP) is 2.69. The van der Waals surface area contributed by atoms with Crippen molar-refractivity contribution < 1.29 is 4.79 Å². The summed E-state index contributed by atoms with van der Waals surface area (Å²) in [6, 6.07) is 0. The third kappa shape index (κ3) is 5.92. The zero-order valence-corrected chi connectivity index (χ0v) is 9.94. The summed E-state index contributed by atoms with van der Waals surface area (Å²) in [6.07, 6.45) is 2.61. The van der Waals surface area contributed by atoms with E-state index in [9.17, 15) is 4.79 Å². The highest BCUT2D eigenvalue weighted by atomic mass is 16.1. The van der Waals surface area contributed by atoms with Gasteiger partial charge in [0.05, 0.1) is 0 Å². The zero-order valence-electron chi connectivity index (χ0n) is 9.94. The first-order valence-electron chi connectivity index (χ1n) is 5.33. The molecule has 14 heavy (non-hydrogen) atoms. The standard InChI is InChI=1S/C12H23NO/c1-6-12(4,5)13-9-7-8-11(14)10(2)3/h13H,2,6-9H2,1,3-5H3. The van der Waals surface area contributed by atoms with Crippen LogP contribution in [-0.4, -0.2) is 17.9 Å². The average Bonchev–Trinajstić information content (AvgIpc) is 2.12.